The lowest BCUT2D eigenvalue weighted by Gasteiger charge is -2.32. The van der Waals surface area contributed by atoms with Crippen LogP contribution in [-0.2, 0) is 11.2 Å². The minimum atomic E-state index is -0.257. The SMILES string of the molecule is CC1(C)Cc2cccc(OCC(=O)N3CCCC(Oc4ncc(Cl)cn4)C3)c2O1. The summed E-state index contributed by atoms with van der Waals surface area (Å²) < 4.78 is 17.6. The third-order valence-corrected chi connectivity index (χ3v) is 5.20. The number of benzene rings is 1. The molecule has 154 valence electrons. The van der Waals surface area contributed by atoms with Crippen LogP contribution in [0.1, 0.15) is 32.3 Å². The van der Waals surface area contributed by atoms with Gasteiger partial charge in [-0.3, -0.25) is 4.79 Å². The van der Waals surface area contributed by atoms with Crippen LogP contribution in [0.3, 0.4) is 0 Å². The molecule has 1 aromatic carbocycles. The van der Waals surface area contributed by atoms with E-state index >= 15 is 0 Å². The van der Waals surface area contributed by atoms with Crippen molar-refractivity contribution < 1.29 is 19.0 Å². The lowest BCUT2D eigenvalue weighted by Crippen LogP contribution is -2.46. The molecule has 0 spiro atoms. The molecule has 0 saturated carbocycles. The zero-order valence-electron chi connectivity index (χ0n) is 16.6. The fraction of sp³-hybridized carbons (Fsp3) is 0.476. The lowest BCUT2D eigenvalue weighted by atomic mass is 10.0. The summed E-state index contributed by atoms with van der Waals surface area (Å²) in [4.78, 5) is 22.6. The number of hydrogen-bond donors (Lipinski definition) is 0. The molecule has 2 aliphatic heterocycles. The van der Waals surface area contributed by atoms with Crippen molar-refractivity contribution in [3.8, 4) is 17.5 Å². The molecule has 0 aliphatic carbocycles. The van der Waals surface area contributed by atoms with Gasteiger partial charge in [-0.25, -0.2) is 9.97 Å². The third-order valence-electron chi connectivity index (χ3n) is 5.01. The lowest BCUT2D eigenvalue weighted by molar-refractivity contribution is -0.136. The number of nitrogens with zero attached hydrogens (tertiary/aromatic N) is 3. The van der Waals surface area contributed by atoms with Gasteiger partial charge in [0.2, 0.25) is 0 Å². The summed E-state index contributed by atoms with van der Waals surface area (Å²) in [7, 11) is 0. The largest absolute Gasteiger partial charge is 0.483 e. The van der Waals surface area contributed by atoms with Gasteiger partial charge in [0.25, 0.3) is 5.91 Å². The van der Waals surface area contributed by atoms with Crippen LogP contribution in [0, 0.1) is 0 Å². The molecule has 1 atom stereocenters. The number of para-hydroxylation sites is 1. The second-order valence-corrected chi connectivity index (χ2v) is 8.41. The molecule has 1 fully saturated rings. The number of halogens is 1. The average molecular weight is 418 g/mol. The van der Waals surface area contributed by atoms with Gasteiger partial charge in [0.1, 0.15) is 11.7 Å². The molecule has 4 rings (SSSR count). The first-order valence-electron chi connectivity index (χ1n) is 9.75. The number of carbonyl (C=O) groups excluding carboxylic acids is 1. The third kappa shape index (κ3) is 4.72. The smallest absolute Gasteiger partial charge is 0.316 e. The molecule has 1 aromatic heterocycles. The van der Waals surface area contributed by atoms with Crippen molar-refractivity contribution in [1.29, 1.82) is 0 Å². The Bertz CT molecular complexity index is 888. The van der Waals surface area contributed by atoms with E-state index < -0.39 is 0 Å². The van der Waals surface area contributed by atoms with Crippen LogP contribution in [0.2, 0.25) is 5.02 Å². The molecule has 7 nitrogen and oxygen atoms in total. The summed E-state index contributed by atoms with van der Waals surface area (Å²) in [6, 6.07) is 6.07. The quantitative estimate of drug-likeness (QED) is 0.743. The molecule has 29 heavy (non-hydrogen) atoms. The Morgan fingerprint density at radius 3 is 2.93 bits per heavy atom. The number of piperidine rings is 1. The number of likely N-dealkylation sites (tertiary alicyclic amines) is 1. The fourth-order valence-corrected chi connectivity index (χ4v) is 3.80. The van der Waals surface area contributed by atoms with Gasteiger partial charge >= 0.3 is 6.01 Å². The van der Waals surface area contributed by atoms with Gasteiger partial charge < -0.3 is 19.1 Å². The second-order valence-electron chi connectivity index (χ2n) is 7.98. The molecule has 3 heterocycles. The van der Waals surface area contributed by atoms with Crippen molar-refractivity contribution in [2.45, 2.75) is 44.8 Å². The van der Waals surface area contributed by atoms with Crippen LogP contribution in [0.15, 0.2) is 30.6 Å². The van der Waals surface area contributed by atoms with Gasteiger partial charge in [-0.15, -0.1) is 0 Å². The monoisotopic (exact) mass is 417 g/mol. The Morgan fingerprint density at radius 2 is 2.14 bits per heavy atom. The van der Waals surface area contributed by atoms with Crippen LogP contribution in [-0.4, -0.2) is 52.2 Å². The number of fused-ring (bicyclic) bond motifs is 1. The Kier molecular flexibility index (Phi) is 5.50. The van der Waals surface area contributed by atoms with E-state index in [-0.39, 0.29) is 30.2 Å². The van der Waals surface area contributed by atoms with E-state index in [1.807, 2.05) is 32.0 Å². The van der Waals surface area contributed by atoms with Crippen molar-refractivity contribution >= 4 is 17.5 Å². The maximum Gasteiger partial charge on any atom is 0.316 e. The zero-order valence-corrected chi connectivity index (χ0v) is 17.3. The van der Waals surface area contributed by atoms with Gasteiger partial charge in [-0.1, -0.05) is 23.7 Å². The second kappa shape index (κ2) is 8.06. The first-order chi connectivity index (χ1) is 13.9. The Hall–Kier alpha value is -2.54. The van der Waals surface area contributed by atoms with Crippen molar-refractivity contribution in [1.82, 2.24) is 14.9 Å². The summed E-state index contributed by atoms with van der Waals surface area (Å²) in [5, 5.41) is 0.453. The highest BCUT2D eigenvalue weighted by Gasteiger charge is 2.33. The van der Waals surface area contributed by atoms with Crippen molar-refractivity contribution in [3.05, 3.63) is 41.2 Å². The van der Waals surface area contributed by atoms with E-state index in [4.69, 9.17) is 25.8 Å². The number of aromatic nitrogens is 2. The molecule has 2 aliphatic rings. The molecular formula is C21H24ClN3O4. The van der Waals surface area contributed by atoms with Crippen LogP contribution in [0.25, 0.3) is 0 Å². The summed E-state index contributed by atoms with van der Waals surface area (Å²) in [5.41, 5.74) is 0.849. The predicted octanol–water partition coefficient (Wildman–Crippen LogP) is 3.29. The summed E-state index contributed by atoms with van der Waals surface area (Å²) in [6.45, 7) is 5.20. The van der Waals surface area contributed by atoms with Crippen LogP contribution < -0.4 is 14.2 Å². The number of carbonyl (C=O) groups is 1. The van der Waals surface area contributed by atoms with Crippen molar-refractivity contribution in [2.24, 2.45) is 0 Å². The van der Waals surface area contributed by atoms with Crippen molar-refractivity contribution in [3.63, 3.8) is 0 Å². The van der Waals surface area contributed by atoms with Crippen LogP contribution >= 0.6 is 11.6 Å². The maximum atomic E-state index is 12.7. The van der Waals surface area contributed by atoms with Crippen LogP contribution in [0.5, 0.6) is 17.5 Å². The van der Waals surface area contributed by atoms with Gasteiger partial charge in [-0.2, -0.15) is 0 Å². The minimum absolute atomic E-state index is 0.0373. The predicted molar refractivity (Wildman–Crippen MR) is 108 cm³/mol. The van der Waals surface area contributed by atoms with Crippen LogP contribution in [0.4, 0.5) is 0 Å². The topological polar surface area (TPSA) is 73.8 Å². The fourth-order valence-electron chi connectivity index (χ4n) is 3.70. The van der Waals surface area contributed by atoms with E-state index in [0.717, 1.165) is 30.6 Å². The number of rotatable bonds is 5. The first-order valence-corrected chi connectivity index (χ1v) is 10.1. The number of amides is 1. The van der Waals surface area contributed by atoms with E-state index in [0.29, 0.717) is 23.9 Å². The molecular weight excluding hydrogens is 394 g/mol. The Morgan fingerprint density at radius 1 is 1.34 bits per heavy atom. The van der Waals surface area contributed by atoms with E-state index in [1.165, 1.54) is 12.4 Å². The molecule has 1 saturated heterocycles. The standard InChI is InChI=1S/C21H24ClN3O4/c1-21(2)9-14-5-3-7-17(19(14)29-21)27-13-18(26)25-8-4-6-16(12-25)28-20-23-10-15(22)11-24-20/h3,5,7,10-11,16H,4,6,8-9,12-13H2,1-2H3. The molecule has 0 bridgehead atoms. The van der Waals surface area contributed by atoms with Gasteiger partial charge in [0.15, 0.2) is 18.1 Å². The van der Waals surface area contributed by atoms with E-state index in [1.54, 1.807) is 4.90 Å². The number of ether oxygens (including phenoxy) is 3. The van der Waals surface area contributed by atoms with Gasteiger partial charge in [0.05, 0.1) is 24.0 Å². The highest BCUT2D eigenvalue weighted by atomic mass is 35.5. The molecule has 2 aromatic rings. The molecule has 0 N–H and O–H groups in total. The maximum absolute atomic E-state index is 12.7. The Balaban J connectivity index is 1.33. The minimum Gasteiger partial charge on any atom is -0.483 e. The van der Waals surface area contributed by atoms with E-state index in [9.17, 15) is 4.79 Å². The number of hydrogen-bond acceptors (Lipinski definition) is 6. The van der Waals surface area contributed by atoms with Gasteiger partial charge in [0, 0.05) is 18.5 Å². The molecule has 1 amide bonds. The molecule has 1 unspecified atom stereocenters. The highest BCUT2D eigenvalue weighted by molar-refractivity contribution is 6.30. The zero-order chi connectivity index (χ0) is 20.4. The van der Waals surface area contributed by atoms with E-state index in [2.05, 4.69) is 9.97 Å². The molecule has 8 heteroatoms. The summed E-state index contributed by atoms with van der Waals surface area (Å²) in [6.07, 6.45) is 5.34. The molecule has 0 radical (unpaired) electrons. The summed E-state index contributed by atoms with van der Waals surface area (Å²) in [5.74, 6) is 1.27. The Labute approximate surface area is 174 Å². The normalized spacial score (nSPS) is 20.0. The van der Waals surface area contributed by atoms with Crippen molar-refractivity contribution in [2.75, 3.05) is 19.7 Å². The summed E-state index contributed by atoms with van der Waals surface area (Å²) >= 11 is 5.80. The highest BCUT2D eigenvalue weighted by Crippen LogP contribution is 2.41. The first kappa shape index (κ1) is 19.8. The average Bonchev–Trinajstić information content (AvgIpc) is 3.02. The van der Waals surface area contributed by atoms with Gasteiger partial charge in [-0.05, 0) is 32.8 Å².